The summed E-state index contributed by atoms with van der Waals surface area (Å²) in [5, 5.41) is 3.89. The fourth-order valence-corrected chi connectivity index (χ4v) is 5.00. The molecule has 29 heavy (non-hydrogen) atoms. The summed E-state index contributed by atoms with van der Waals surface area (Å²) in [6.45, 7) is 1.48. The Hall–Kier alpha value is -3.02. The van der Waals surface area contributed by atoms with Crippen molar-refractivity contribution in [2.45, 2.75) is 24.3 Å². The number of nitrogens with one attached hydrogen (secondary N) is 1. The minimum Gasteiger partial charge on any atom is -0.300 e. The Balaban J connectivity index is 1.94. The molecule has 0 heterocycles. The van der Waals surface area contributed by atoms with Gasteiger partial charge in [0.05, 0.1) is 10.9 Å². The molecule has 0 aliphatic rings. The molecule has 0 fully saturated rings. The van der Waals surface area contributed by atoms with Crippen molar-refractivity contribution in [3.05, 3.63) is 90.5 Å². The highest BCUT2D eigenvalue weighted by Gasteiger charge is 2.25. The van der Waals surface area contributed by atoms with Crippen LogP contribution in [-0.4, -0.2) is 14.2 Å². The third kappa shape index (κ3) is 3.92. The molecule has 0 aliphatic carbocycles. The van der Waals surface area contributed by atoms with Crippen LogP contribution in [-0.2, 0) is 14.8 Å². The number of fused-ring (bicyclic) bond motifs is 2. The number of rotatable bonds is 6. The van der Waals surface area contributed by atoms with Crippen molar-refractivity contribution >= 4 is 37.4 Å². The number of Topliss-reactive ketones (excluding diaryl/α,β-unsaturated/α-hetero) is 1. The lowest BCUT2D eigenvalue weighted by atomic mass is 9.90. The van der Waals surface area contributed by atoms with Crippen LogP contribution in [0.2, 0.25) is 0 Å². The highest BCUT2D eigenvalue weighted by Crippen LogP contribution is 2.35. The van der Waals surface area contributed by atoms with E-state index in [1.165, 1.54) is 6.92 Å². The number of sulfonamides is 1. The zero-order valence-corrected chi connectivity index (χ0v) is 16.8. The minimum absolute atomic E-state index is 0.0735. The molecule has 0 radical (unpaired) electrons. The summed E-state index contributed by atoms with van der Waals surface area (Å²) >= 11 is 0. The predicted octanol–water partition coefficient (Wildman–Crippen LogP) is 4.99. The molecule has 0 aliphatic heterocycles. The summed E-state index contributed by atoms with van der Waals surface area (Å²) < 4.78 is 28.9. The van der Waals surface area contributed by atoms with Crippen LogP contribution in [0.3, 0.4) is 0 Å². The molecule has 1 atom stereocenters. The van der Waals surface area contributed by atoms with Crippen LogP contribution in [0, 0.1) is 0 Å². The quantitative estimate of drug-likeness (QED) is 0.461. The van der Waals surface area contributed by atoms with Crippen LogP contribution < -0.4 is 4.72 Å². The molecule has 4 nitrogen and oxygen atoms in total. The zero-order chi connectivity index (χ0) is 20.4. The first-order valence-corrected chi connectivity index (χ1v) is 10.9. The lowest BCUT2D eigenvalue weighted by Gasteiger charge is -2.22. The highest BCUT2D eigenvalue weighted by atomic mass is 32.2. The first-order valence-electron chi connectivity index (χ1n) is 9.43. The molecule has 0 spiro atoms. The lowest BCUT2D eigenvalue weighted by molar-refractivity contribution is -0.117. The second-order valence-corrected chi connectivity index (χ2v) is 8.84. The van der Waals surface area contributed by atoms with Crippen molar-refractivity contribution in [3.8, 4) is 0 Å². The van der Waals surface area contributed by atoms with E-state index in [1.54, 1.807) is 30.3 Å². The number of ketones is 1. The molecule has 5 heteroatoms. The van der Waals surface area contributed by atoms with Crippen molar-refractivity contribution < 1.29 is 13.2 Å². The van der Waals surface area contributed by atoms with Crippen molar-refractivity contribution in [1.82, 2.24) is 4.72 Å². The van der Waals surface area contributed by atoms with Crippen LogP contribution in [0.4, 0.5) is 0 Å². The Labute approximate surface area is 170 Å². The van der Waals surface area contributed by atoms with Gasteiger partial charge in [-0.05, 0) is 52.2 Å². The molecule has 4 aromatic carbocycles. The van der Waals surface area contributed by atoms with E-state index in [1.807, 2.05) is 48.5 Å². The first-order chi connectivity index (χ1) is 14.0. The van der Waals surface area contributed by atoms with Gasteiger partial charge < -0.3 is 0 Å². The topological polar surface area (TPSA) is 63.2 Å². The molecule has 0 saturated heterocycles. The molecule has 1 N–H and O–H groups in total. The zero-order valence-electron chi connectivity index (χ0n) is 16.0. The summed E-state index contributed by atoms with van der Waals surface area (Å²) in [7, 11) is -3.79. The third-order valence-corrected chi connectivity index (χ3v) is 6.49. The summed E-state index contributed by atoms with van der Waals surface area (Å²) in [5.74, 6) is -0.0808. The average molecular weight is 404 g/mol. The van der Waals surface area contributed by atoms with E-state index in [4.69, 9.17) is 0 Å². The molecular formula is C24H21NO3S. The molecule has 0 amide bonds. The maximum absolute atomic E-state index is 13.0. The minimum atomic E-state index is -3.79. The normalized spacial score (nSPS) is 12.9. The molecule has 4 aromatic rings. The number of hydrogen-bond acceptors (Lipinski definition) is 3. The average Bonchev–Trinajstić information content (AvgIpc) is 2.71. The smallest absolute Gasteiger partial charge is 0.241 e. The van der Waals surface area contributed by atoms with Gasteiger partial charge >= 0.3 is 0 Å². The standard InChI is InChI=1S/C24H21NO3S/c1-17(26)15-23(25-29(27,28)20-11-3-2-4-12-20)24-21-13-7-5-9-18(21)16-19-10-6-8-14-22(19)24/h2-14,16,23,25H,15H2,1H3. The van der Waals surface area contributed by atoms with E-state index in [0.29, 0.717) is 0 Å². The van der Waals surface area contributed by atoms with E-state index < -0.39 is 16.1 Å². The summed E-state index contributed by atoms with van der Waals surface area (Å²) in [5.41, 5.74) is 0.827. The van der Waals surface area contributed by atoms with Gasteiger partial charge in [0, 0.05) is 6.42 Å². The molecule has 4 rings (SSSR count). The molecule has 1 unspecified atom stereocenters. The Kier molecular flexibility index (Phi) is 5.18. The number of carbonyl (C=O) groups is 1. The van der Waals surface area contributed by atoms with Gasteiger partial charge in [-0.1, -0.05) is 66.7 Å². The van der Waals surface area contributed by atoms with Gasteiger partial charge in [-0.3, -0.25) is 4.79 Å². The van der Waals surface area contributed by atoms with E-state index >= 15 is 0 Å². The Morgan fingerprint density at radius 1 is 0.828 bits per heavy atom. The highest BCUT2D eigenvalue weighted by molar-refractivity contribution is 7.89. The predicted molar refractivity (Wildman–Crippen MR) is 116 cm³/mol. The summed E-state index contributed by atoms with van der Waals surface area (Å²) in [6, 6.07) is 25.4. The first kappa shape index (κ1) is 19.3. The van der Waals surface area contributed by atoms with E-state index in [9.17, 15) is 13.2 Å². The van der Waals surface area contributed by atoms with Crippen LogP contribution in [0.1, 0.15) is 24.9 Å². The van der Waals surface area contributed by atoms with Gasteiger partial charge in [-0.2, -0.15) is 0 Å². The van der Waals surface area contributed by atoms with Gasteiger partial charge in [0.1, 0.15) is 5.78 Å². The van der Waals surface area contributed by atoms with Crippen molar-refractivity contribution in [1.29, 1.82) is 0 Å². The number of benzene rings is 4. The van der Waals surface area contributed by atoms with Gasteiger partial charge in [-0.25, -0.2) is 13.1 Å². The second-order valence-electron chi connectivity index (χ2n) is 7.13. The summed E-state index contributed by atoms with van der Waals surface area (Å²) in [6.07, 6.45) is 0.0735. The monoisotopic (exact) mass is 403 g/mol. The maximum Gasteiger partial charge on any atom is 0.241 e. The van der Waals surface area contributed by atoms with E-state index in [0.717, 1.165) is 27.1 Å². The third-order valence-electron chi connectivity index (χ3n) is 5.00. The van der Waals surface area contributed by atoms with Crippen molar-refractivity contribution in [3.63, 3.8) is 0 Å². The molecule has 0 aromatic heterocycles. The van der Waals surface area contributed by atoms with Crippen molar-refractivity contribution in [2.75, 3.05) is 0 Å². The van der Waals surface area contributed by atoms with Gasteiger partial charge in [0.15, 0.2) is 0 Å². The molecule has 0 saturated carbocycles. The van der Waals surface area contributed by atoms with Crippen LogP contribution in [0.5, 0.6) is 0 Å². The van der Waals surface area contributed by atoms with Gasteiger partial charge in [0.25, 0.3) is 0 Å². The Morgan fingerprint density at radius 3 is 1.90 bits per heavy atom. The fraction of sp³-hybridized carbons (Fsp3) is 0.125. The Morgan fingerprint density at radius 2 is 1.34 bits per heavy atom. The van der Waals surface area contributed by atoms with Crippen LogP contribution in [0.25, 0.3) is 21.5 Å². The SMILES string of the molecule is CC(=O)CC(NS(=O)(=O)c1ccccc1)c1c2ccccc2cc2ccccc12. The van der Waals surface area contributed by atoms with Crippen LogP contribution in [0.15, 0.2) is 89.8 Å². The van der Waals surface area contributed by atoms with E-state index in [2.05, 4.69) is 10.8 Å². The van der Waals surface area contributed by atoms with Crippen molar-refractivity contribution in [2.24, 2.45) is 0 Å². The maximum atomic E-state index is 13.0. The molecular weight excluding hydrogens is 382 g/mol. The second kappa shape index (κ2) is 7.78. The van der Waals surface area contributed by atoms with Gasteiger partial charge in [0.2, 0.25) is 10.0 Å². The number of carbonyl (C=O) groups excluding carboxylic acids is 1. The fourth-order valence-electron chi connectivity index (χ4n) is 3.77. The van der Waals surface area contributed by atoms with E-state index in [-0.39, 0.29) is 17.1 Å². The number of hydrogen-bond donors (Lipinski definition) is 1. The Bertz CT molecular complexity index is 1240. The summed E-state index contributed by atoms with van der Waals surface area (Å²) in [4.78, 5) is 12.3. The lowest BCUT2D eigenvalue weighted by Crippen LogP contribution is -2.30. The largest absolute Gasteiger partial charge is 0.300 e. The van der Waals surface area contributed by atoms with Gasteiger partial charge in [-0.15, -0.1) is 0 Å². The molecule has 0 bridgehead atoms. The molecule has 146 valence electrons. The van der Waals surface area contributed by atoms with Crippen LogP contribution >= 0.6 is 0 Å².